The molecule has 1 aliphatic heterocycles. The number of ether oxygens (including phenoxy) is 2. The average molecular weight is 364 g/mol. The highest BCUT2D eigenvalue weighted by Gasteiger charge is 2.23. The van der Waals surface area contributed by atoms with Crippen LogP contribution in [0.3, 0.4) is 0 Å². The van der Waals surface area contributed by atoms with Crippen molar-refractivity contribution >= 4 is 17.9 Å². The summed E-state index contributed by atoms with van der Waals surface area (Å²) in [5.41, 5.74) is 2.43. The van der Waals surface area contributed by atoms with E-state index in [2.05, 4.69) is 10.6 Å². The molecule has 0 bridgehead atoms. The molecule has 1 aliphatic carbocycles. The second-order valence-electron chi connectivity index (χ2n) is 6.61. The van der Waals surface area contributed by atoms with Gasteiger partial charge in [-0.15, -0.1) is 0 Å². The van der Waals surface area contributed by atoms with Crippen molar-refractivity contribution in [2.24, 2.45) is 0 Å². The Balaban J connectivity index is 1.28. The molecule has 6 nitrogen and oxygen atoms in total. The number of carbonyl (C=O) groups excluding carboxylic acids is 2. The Bertz CT molecular complexity index is 886. The minimum atomic E-state index is -0.191. The Hall–Kier alpha value is -3.28. The lowest BCUT2D eigenvalue weighted by Gasteiger charge is -2.04. The van der Waals surface area contributed by atoms with Gasteiger partial charge in [0.25, 0.3) is 5.91 Å². The van der Waals surface area contributed by atoms with Gasteiger partial charge in [-0.1, -0.05) is 18.2 Å². The fourth-order valence-electron chi connectivity index (χ4n) is 2.71. The highest BCUT2D eigenvalue weighted by atomic mass is 16.7. The van der Waals surface area contributed by atoms with Crippen molar-refractivity contribution < 1.29 is 19.1 Å². The van der Waals surface area contributed by atoms with Crippen molar-refractivity contribution in [2.75, 3.05) is 6.79 Å². The van der Waals surface area contributed by atoms with E-state index in [1.54, 1.807) is 18.2 Å². The van der Waals surface area contributed by atoms with Gasteiger partial charge < -0.3 is 20.1 Å². The van der Waals surface area contributed by atoms with Gasteiger partial charge in [-0.3, -0.25) is 9.59 Å². The first-order chi connectivity index (χ1) is 13.2. The van der Waals surface area contributed by atoms with Crippen LogP contribution in [0.4, 0.5) is 0 Å². The lowest BCUT2D eigenvalue weighted by molar-refractivity contribution is -0.116. The van der Waals surface area contributed by atoms with E-state index in [0.29, 0.717) is 23.9 Å². The number of carbonyl (C=O) groups is 2. The van der Waals surface area contributed by atoms with Gasteiger partial charge in [0.2, 0.25) is 12.7 Å². The predicted octanol–water partition coefficient (Wildman–Crippen LogP) is 2.64. The highest BCUT2D eigenvalue weighted by Crippen LogP contribution is 2.32. The lowest BCUT2D eigenvalue weighted by Crippen LogP contribution is -2.25. The fourth-order valence-corrected chi connectivity index (χ4v) is 2.71. The van der Waals surface area contributed by atoms with Crippen LogP contribution in [-0.4, -0.2) is 24.6 Å². The summed E-state index contributed by atoms with van der Waals surface area (Å²) in [5, 5.41) is 5.78. The van der Waals surface area contributed by atoms with Crippen LogP contribution in [0.5, 0.6) is 11.5 Å². The Morgan fingerprint density at radius 1 is 1.04 bits per heavy atom. The van der Waals surface area contributed by atoms with Crippen LogP contribution >= 0.6 is 0 Å². The Morgan fingerprint density at radius 3 is 2.59 bits per heavy atom. The quantitative estimate of drug-likeness (QED) is 0.773. The summed E-state index contributed by atoms with van der Waals surface area (Å²) in [6, 6.07) is 13.1. The summed E-state index contributed by atoms with van der Waals surface area (Å²) >= 11 is 0. The average Bonchev–Trinajstić information content (AvgIpc) is 3.38. The largest absolute Gasteiger partial charge is 0.454 e. The molecule has 0 spiro atoms. The van der Waals surface area contributed by atoms with Crippen molar-refractivity contribution in [3.8, 4) is 11.5 Å². The van der Waals surface area contributed by atoms with E-state index in [4.69, 9.17) is 9.47 Å². The summed E-state index contributed by atoms with van der Waals surface area (Å²) in [6.45, 7) is 0.634. The molecule has 1 heterocycles. The molecule has 2 amide bonds. The highest BCUT2D eigenvalue weighted by molar-refractivity contribution is 5.95. The van der Waals surface area contributed by atoms with E-state index < -0.39 is 0 Å². The third-order valence-electron chi connectivity index (χ3n) is 4.42. The summed E-state index contributed by atoms with van der Waals surface area (Å²) in [5.74, 6) is 1.18. The lowest BCUT2D eigenvalue weighted by atomic mass is 10.1. The smallest absolute Gasteiger partial charge is 0.251 e. The molecular formula is C21H20N2O4. The zero-order chi connectivity index (χ0) is 18.6. The van der Waals surface area contributed by atoms with Crippen molar-refractivity contribution in [2.45, 2.75) is 25.4 Å². The maximum absolute atomic E-state index is 12.0. The zero-order valence-electron chi connectivity index (χ0n) is 14.7. The Labute approximate surface area is 157 Å². The van der Waals surface area contributed by atoms with E-state index in [-0.39, 0.29) is 18.6 Å². The number of hydrogen-bond acceptors (Lipinski definition) is 4. The first kappa shape index (κ1) is 17.1. The first-order valence-electron chi connectivity index (χ1n) is 8.93. The Morgan fingerprint density at radius 2 is 1.81 bits per heavy atom. The third kappa shape index (κ3) is 4.47. The minimum absolute atomic E-state index is 0.0468. The van der Waals surface area contributed by atoms with Crippen molar-refractivity contribution in [3.63, 3.8) is 0 Å². The molecule has 2 aliphatic rings. The van der Waals surface area contributed by atoms with Gasteiger partial charge in [-0.25, -0.2) is 0 Å². The van der Waals surface area contributed by atoms with Gasteiger partial charge in [0.1, 0.15) is 0 Å². The molecule has 0 atom stereocenters. The fraction of sp³-hybridized carbons (Fsp3) is 0.238. The molecule has 1 saturated carbocycles. The van der Waals surface area contributed by atoms with Gasteiger partial charge in [-0.05, 0) is 54.3 Å². The van der Waals surface area contributed by atoms with E-state index in [1.807, 2.05) is 30.3 Å². The molecule has 0 radical (unpaired) electrons. The van der Waals surface area contributed by atoms with E-state index in [0.717, 1.165) is 29.7 Å². The number of fused-ring (bicyclic) bond motifs is 1. The standard InChI is InChI=1S/C21H20N2O4/c24-20(22-12-15-3-9-18-19(11-15)27-13-26-18)10-4-14-1-5-16(6-2-14)21(25)23-17-7-8-17/h1-6,9-11,17H,7-8,12-13H2,(H,22,24)(H,23,25)/b10-4+. The number of benzene rings is 2. The Kier molecular flexibility index (Phi) is 4.78. The molecular weight excluding hydrogens is 344 g/mol. The normalized spacial score (nSPS) is 15.0. The van der Waals surface area contributed by atoms with E-state index in [9.17, 15) is 9.59 Å². The van der Waals surface area contributed by atoms with E-state index >= 15 is 0 Å². The number of hydrogen-bond donors (Lipinski definition) is 2. The zero-order valence-corrected chi connectivity index (χ0v) is 14.7. The summed E-state index contributed by atoms with van der Waals surface area (Å²) in [4.78, 5) is 24.0. The van der Waals surface area contributed by atoms with Gasteiger partial charge in [0.15, 0.2) is 11.5 Å². The minimum Gasteiger partial charge on any atom is -0.454 e. The van der Waals surface area contributed by atoms with Crippen LogP contribution in [-0.2, 0) is 11.3 Å². The second-order valence-corrected chi connectivity index (χ2v) is 6.61. The molecule has 1 fully saturated rings. The molecule has 2 N–H and O–H groups in total. The third-order valence-corrected chi connectivity index (χ3v) is 4.42. The molecule has 6 heteroatoms. The summed E-state index contributed by atoms with van der Waals surface area (Å²) < 4.78 is 10.6. The van der Waals surface area contributed by atoms with Gasteiger partial charge in [0, 0.05) is 24.2 Å². The second kappa shape index (κ2) is 7.53. The predicted molar refractivity (Wildman–Crippen MR) is 100 cm³/mol. The van der Waals surface area contributed by atoms with Crippen LogP contribution in [0.2, 0.25) is 0 Å². The van der Waals surface area contributed by atoms with Crippen molar-refractivity contribution in [3.05, 3.63) is 65.2 Å². The monoisotopic (exact) mass is 364 g/mol. The molecule has 2 aromatic rings. The van der Waals surface area contributed by atoms with Crippen LogP contribution in [0.25, 0.3) is 6.08 Å². The van der Waals surface area contributed by atoms with Crippen LogP contribution in [0.1, 0.15) is 34.3 Å². The summed E-state index contributed by atoms with van der Waals surface area (Å²) in [6.07, 6.45) is 5.33. The first-order valence-corrected chi connectivity index (χ1v) is 8.93. The van der Waals surface area contributed by atoms with Crippen LogP contribution in [0.15, 0.2) is 48.5 Å². The molecule has 0 saturated heterocycles. The van der Waals surface area contributed by atoms with E-state index in [1.165, 1.54) is 6.08 Å². The molecule has 4 rings (SSSR count). The van der Waals surface area contributed by atoms with Gasteiger partial charge in [0.05, 0.1) is 0 Å². The van der Waals surface area contributed by atoms with Gasteiger partial charge in [-0.2, -0.15) is 0 Å². The molecule has 27 heavy (non-hydrogen) atoms. The SMILES string of the molecule is O=C(/C=C/c1ccc(C(=O)NC2CC2)cc1)NCc1ccc2c(c1)OCO2. The summed E-state index contributed by atoms with van der Waals surface area (Å²) in [7, 11) is 0. The molecule has 2 aromatic carbocycles. The topological polar surface area (TPSA) is 76.7 Å². The number of nitrogens with one attached hydrogen (secondary N) is 2. The maximum atomic E-state index is 12.0. The molecule has 0 aromatic heterocycles. The maximum Gasteiger partial charge on any atom is 0.251 e. The molecule has 0 unspecified atom stereocenters. The molecule has 138 valence electrons. The van der Waals surface area contributed by atoms with Crippen LogP contribution < -0.4 is 20.1 Å². The number of amides is 2. The van der Waals surface area contributed by atoms with Crippen LogP contribution in [0, 0.1) is 0 Å². The van der Waals surface area contributed by atoms with Crippen molar-refractivity contribution in [1.29, 1.82) is 0 Å². The van der Waals surface area contributed by atoms with Gasteiger partial charge >= 0.3 is 0 Å². The number of rotatable bonds is 6. The van der Waals surface area contributed by atoms with Crippen molar-refractivity contribution in [1.82, 2.24) is 10.6 Å².